The van der Waals surface area contributed by atoms with Gasteiger partial charge in [-0.2, -0.15) is 0 Å². The molecule has 1 aromatic heterocycles. The Labute approximate surface area is 115 Å². The first-order chi connectivity index (χ1) is 9.20. The Morgan fingerprint density at radius 3 is 2.68 bits per heavy atom. The molecule has 2 aromatic rings. The van der Waals surface area contributed by atoms with Gasteiger partial charge in [0.2, 0.25) is 0 Å². The van der Waals surface area contributed by atoms with Crippen molar-refractivity contribution in [3.63, 3.8) is 0 Å². The minimum atomic E-state index is -0.348. The highest BCUT2D eigenvalue weighted by molar-refractivity contribution is 7.98. The van der Waals surface area contributed by atoms with Crippen LogP contribution in [0.2, 0.25) is 0 Å². The molecule has 1 heterocycles. The van der Waals surface area contributed by atoms with Crippen LogP contribution in [0.1, 0.15) is 16.1 Å². The van der Waals surface area contributed by atoms with E-state index in [-0.39, 0.29) is 5.91 Å². The number of hydrogen-bond acceptors (Lipinski definition) is 5. The molecule has 0 aliphatic heterocycles. The summed E-state index contributed by atoms with van der Waals surface area (Å²) in [6, 6.07) is 11.2. The summed E-state index contributed by atoms with van der Waals surface area (Å²) in [6.07, 6.45) is 1.51. The van der Waals surface area contributed by atoms with E-state index in [4.69, 9.17) is 11.6 Å². The minimum Gasteiger partial charge on any atom is -0.398 e. The molecule has 0 aliphatic rings. The number of hydrazine groups is 1. The van der Waals surface area contributed by atoms with Crippen molar-refractivity contribution in [2.24, 2.45) is 5.84 Å². The normalized spacial score (nSPS) is 10.2. The summed E-state index contributed by atoms with van der Waals surface area (Å²) in [6.45, 7) is 0. The van der Waals surface area contributed by atoms with E-state index in [1.54, 1.807) is 23.9 Å². The molecule has 0 aliphatic carbocycles. The number of thioether (sulfide) groups is 1. The lowest BCUT2D eigenvalue weighted by Gasteiger charge is -2.05. The van der Waals surface area contributed by atoms with Crippen LogP contribution in [0, 0.1) is 0 Å². The number of anilines is 1. The molecule has 98 valence electrons. The number of hydrogen-bond donors (Lipinski definition) is 3. The third kappa shape index (κ3) is 3.46. The number of amides is 1. The van der Waals surface area contributed by atoms with E-state index < -0.39 is 0 Å². The molecule has 2 rings (SSSR count). The van der Waals surface area contributed by atoms with Crippen LogP contribution in [0.5, 0.6) is 0 Å². The number of aromatic nitrogens is 1. The molecule has 0 radical (unpaired) electrons. The fraction of sp³-hybridized carbons (Fsp3) is 0.0769. The van der Waals surface area contributed by atoms with Crippen LogP contribution < -0.4 is 17.0 Å². The summed E-state index contributed by atoms with van der Waals surface area (Å²) in [5, 5.41) is 0. The van der Waals surface area contributed by atoms with Crippen molar-refractivity contribution in [2.75, 3.05) is 5.73 Å². The van der Waals surface area contributed by atoms with E-state index in [0.29, 0.717) is 11.3 Å². The second-order valence-electron chi connectivity index (χ2n) is 3.84. The fourth-order valence-corrected chi connectivity index (χ4v) is 2.37. The standard InChI is InChI=1S/C13H14N4OS/c14-11-3-1-2-4-12(11)19-8-10-6-5-9(7-16-10)13(18)17-15/h1-7H,8,14-15H2,(H,17,18). The molecule has 0 atom stereocenters. The molecule has 0 bridgehead atoms. The quantitative estimate of drug-likeness (QED) is 0.258. The van der Waals surface area contributed by atoms with Crippen molar-refractivity contribution in [3.05, 3.63) is 53.9 Å². The van der Waals surface area contributed by atoms with Gasteiger partial charge in [-0.25, -0.2) is 5.84 Å². The van der Waals surface area contributed by atoms with Gasteiger partial charge >= 0.3 is 0 Å². The Morgan fingerprint density at radius 2 is 2.05 bits per heavy atom. The summed E-state index contributed by atoms with van der Waals surface area (Å²) in [5.74, 6) is 5.39. The highest BCUT2D eigenvalue weighted by atomic mass is 32.2. The lowest BCUT2D eigenvalue weighted by Crippen LogP contribution is -2.30. The highest BCUT2D eigenvalue weighted by Crippen LogP contribution is 2.27. The molecule has 0 spiro atoms. The number of carbonyl (C=O) groups excluding carboxylic acids is 1. The topological polar surface area (TPSA) is 94.0 Å². The molecule has 0 fully saturated rings. The summed E-state index contributed by atoms with van der Waals surface area (Å²) < 4.78 is 0. The van der Waals surface area contributed by atoms with Gasteiger partial charge in [-0.3, -0.25) is 15.2 Å². The molecule has 19 heavy (non-hydrogen) atoms. The molecular weight excluding hydrogens is 260 g/mol. The largest absolute Gasteiger partial charge is 0.398 e. The predicted octanol–water partition coefficient (Wildman–Crippen LogP) is 1.56. The zero-order chi connectivity index (χ0) is 13.7. The summed E-state index contributed by atoms with van der Waals surface area (Å²) in [4.78, 5) is 16.5. The van der Waals surface area contributed by atoms with Crippen LogP contribution in [0.4, 0.5) is 5.69 Å². The van der Waals surface area contributed by atoms with E-state index in [2.05, 4.69) is 10.4 Å². The average Bonchev–Trinajstić information content (AvgIpc) is 2.46. The fourth-order valence-electron chi connectivity index (χ4n) is 1.49. The van der Waals surface area contributed by atoms with E-state index in [9.17, 15) is 4.79 Å². The van der Waals surface area contributed by atoms with Gasteiger partial charge in [0.25, 0.3) is 5.91 Å². The molecule has 0 saturated heterocycles. The Balaban J connectivity index is 2.01. The van der Waals surface area contributed by atoms with Crippen molar-refractivity contribution < 1.29 is 4.79 Å². The maximum atomic E-state index is 11.3. The third-order valence-electron chi connectivity index (χ3n) is 2.51. The number of nitrogens with one attached hydrogen (secondary N) is 1. The smallest absolute Gasteiger partial charge is 0.266 e. The van der Waals surface area contributed by atoms with Gasteiger partial charge in [0.05, 0.1) is 11.3 Å². The van der Waals surface area contributed by atoms with Gasteiger partial charge in [-0.1, -0.05) is 12.1 Å². The summed E-state index contributed by atoms with van der Waals surface area (Å²) in [5.41, 5.74) is 10.00. The molecule has 5 nitrogen and oxygen atoms in total. The number of benzene rings is 1. The number of para-hydroxylation sites is 1. The van der Waals surface area contributed by atoms with Crippen LogP contribution >= 0.6 is 11.8 Å². The van der Waals surface area contributed by atoms with Crippen LogP contribution in [0.15, 0.2) is 47.5 Å². The van der Waals surface area contributed by atoms with Gasteiger partial charge in [0.15, 0.2) is 0 Å². The molecule has 5 N–H and O–H groups in total. The van der Waals surface area contributed by atoms with Crippen molar-refractivity contribution >= 4 is 23.4 Å². The number of pyridine rings is 1. The number of nitrogens with zero attached hydrogens (tertiary/aromatic N) is 1. The van der Waals surface area contributed by atoms with Crippen LogP contribution in [0.3, 0.4) is 0 Å². The van der Waals surface area contributed by atoms with Crippen LogP contribution in [-0.4, -0.2) is 10.9 Å². The molecule has 0 saturated carbocycles. The zero-order valence-electron chi connectivity index (χ0n) is 10.2. The number of nitrogen functional groups attached to an aromatic ring is 2. The molecule has 6 heteroatoms. The minimum absolute atomic E-state index is 0.348. The molecule has 0 unspecified atom stereocenters. The van der Waals surface area contributed by atoms with Gasteiger partial charge in [-0.05, 0) is 24.3 Å². The number of carbonyl (C=O) groups is 1. The van der Waals surface area contributed by atoms with E-state index in [0.717, 1.165) is 16.3 Å². The molecule has 1 amide bonds. The second-order valence-corrected chi connectivity index (χ2v) is 4.86. The monoisotopic (exact) mass is 274 g/mol. The van der Waals surface area contributed by atoms with E-state index in [1.165, 1.54) is 6.20 Å². The Hall–Kier alpha value is -2.05. The van der Waals surface area contributed by atoms with E-state index in [1.807, 2.05) is 24.3 Å². The van der Waals surface area contributed by atoms with Crippen LogP contribution in [0.25, 0.3) is 0 Å². The predicted molar refractivity (Wildman–Crippen MR) is 76.3 cm³/mol. The first kappa shape index (κ1) is 13.4. The molecular formula is C13H14N4OS. The number of rotatable bonds is 4. The maximum absolute atomic E-state index is 11.3. The van der Waals surface area contributed by atoms with Gasteiger partial charge < -0.3 is 5.73 Å². The van der Waals surface area contributed by atoms with Crippen molar-refractivity contribution in [1.29, 1.82) is 0 Å². The highest BCUT2D eigenvalue weighted by Gasteiger charge is 2.05. The third-order valence-corrected chi connectivity index (χ3v) is 3.64. The van der Waals surface area contributed by atoms with Crippen molar-refractivity contribution in [3.8, 4) is 0 Å². The Kier molecular flexibility index (Phi) is 4.38. The summed E-state index contributed by atoms with van der Waals surface area (Å²) in [7, 11) is 0. The van der Waals surface area contributed by atoms with Crippen LogP contribution in [-0.2, 0) is 5.75 Å². The molecule has 1 aromatic carbocycles. The Bertz CT molecular complexity index is 571. The number of nitrogens with two attached hydrogens (primary N) is 2. The second kappa shape index (κ2) is 6.21. The zero-order valence-corrected chi connectivity index (χ0v) is 11.0. The first-order valence-corrected chi connectivity index (χ1v) is 6.62. The average molecular weight is 274 g/mol. The van der Waals surface area contributed by atoms with Gasteiger partial charge in [0.1, 0.15) is 0 Å². The maximum Gasteiger partial charge on any atom is 0.266 e. The van der Waals surface area contributed by atoms with Crippen molar-refractivity contribution in [2.45, 2.75) is 10.6 Å². The summed E-state index contributed by atoms with van der Waals surface area (Å²) >= 11 is 1.61. The van der Waals surface area contributed by atoms with Gasteiger partial charge in [0, 0.05) is 22.5 Å². The van der Waals surface area contributed by atoms with Gasteiger partial charge in [-0.15, -0.1) is 11.8 Å². The van der Waals surface area contributed by atoms with E-state index >= 15 is 0 Å². The first-order valence-electron chi connectivity index (χ1n) is 5.64. The SMILES string of the molecule is NNC(=O)c1ccc(CSc2ccccc2N)nc1. The lowest BCUT2D eigenvalue weighted by molar-refractivity contribution is 0.0953. The Morgan fingerprint density at radius 1 is 1.26 bits per heavy atom. The van der Waals surface area contributed by atoms with Crippen molar-refractivity contribution in [1.82, 2.24) is 10.4 Å². The lowest BCUT2D eigenvalue weighted by atomic mass is 10.2.